The number of ether oxygens (including phenoxy) is 1. The Balaban J connectivity index is 2.09. The molecule has 0 aromatic carbocycles. The van der Waals surface area contributed by atoms with Crippen LogP contribution in [0.4, 0.5) is 15.6 Å². The number of nitrogens with one attached hydrogen (secondary N) is 2. The van der Waals surface area contributed by atoms with E-state index in [-0.39, 0.29) is 0 Å². The molecule has 7 nitrogen and oxygen atoms in total. The molecule has 0 saturated heterocycles. The van der Waals surface area contributed by atoms with Crippen LogP contribution in [-0.2, 0) is 4.74 Å². The monoisotopic (exact) mass is 312 g/mol. The van der Waals surface area contributed by atoms with Gasteiger partial charge in [-0.1, -0.05) is 11.3 Å². The highest BCUT2D eigenvalue weighted by Gasteiger charge is 2.17. The van der Waals surface area contributed by atoms with Gasteiger partial charge in [0.2, 0.25) is 5.13 Å². The number of urea groups is 1. The molecule has 2 N–H and O–H groups in total. The Morgan fingerprint density at radius 1 is 1.20 bits per heavy atom. The normalized spacial score (nSPS) is 10.2. The molecule has 0 aliphatic rings. The van der Waals surface area contributed by atoms with E-state index >= 15 is 0 Å². The van der Waals surface area contributed by atoms with Crippen molar-refractivity contribution in [2.24, 2.45) is 0 Å². The molecule has 2 rings (SSSR count). The van der Waals surface area contributed by atoms with E-state index in [4.69, 9.17) is 0 Å². The first-order valence-electron chi connectivity index (χ1n) is 5.56. The Morgan fingerprint density at radius 3 is 2.55 bits per heavy atom. The molecule has 0 atom stereocenters. The van der Waals surface area contributed by atoms with Crippen molar-refractivity contribution in [2.75, 3.05) is 17.7 Å². The largest absolute Gasteiger partial charge is 0.465 e. The number of hydrogen-bond acceptors (Lipinski definition) is 7. The summed E-state index contributed by atoms with van der Waals surface area (Å²) in [6.45, 7) is 3.63. The first kappa shape index (κ1) is 14.4. The Bertz CT molecular complexity index is 650. The van der Waals surface area contributed by atoms with E-state index in [1.54, 1.807) is 13.0 Å². The fourth-order valence-electron chi connectivity index (χ4n) is 1.45. The average molecular weight is 312 g/mol. The predicted octanol–water partition coefficient (Wildman–Crippen LogP) is 2.65. The number of aryl methyl sites for hydroxylation is 2. The summed E-state index contributed by atoms with van der Waals surface area (Å²) in [7, 11) is 1.30. The van der Waals surface area contributed by atoms with Crippen LogP contribution in [0.25, 0.3) is 0 Å². The minimum atomic E-state index is -0.482. The number of aromatic nitrogens is 2. The topological polar surface area (TPSA) is 93.2 Å². The second-order valence-corrected chi connectivity index (χ2v) is 6.23. The number of carbonyl (C=O) groups is 2. The van der Waals surface area contributed by atoms with Gasteiger partial charge in [-0.05, 0) is 19.9 Å². The van der Waals surface area contributed by atoms with Crippen molar-refractivity contribution in [1.82, 2.24) is 10.2 Å². The number of carbonyl (C=O) groups excluding carboxylic acids is 2. The molecule has 0 saturated carbocycles. The van der Waals surface area contributed by atoms with E-state index in [9.17, 15) is 9.59 Å². The number of methoxy groups -OCH3 is 1. The van der Waals surface area contributed by atoms with Crippen LogP contribution in [0.3, 0.4) is 0 Å². The third-order valence-electron chi connectivity index (χ3n) is 2.22. The summed E-state index contributed by atoms with van der Waals surface area (Å²) in [4.78, 5) is 24.7. The number of amides is 2. The maximum Gasteiger partial charge on any atom is 0.350 e. The second-order valence-electron chi connectivity index (χ2n) is 3.80. The van der Waals surface area contributed by atoms with Crippen LogP contribution < -0.4 is 10.6 Å². The lowest BCUT2D eigenvalue weighted by molar-refractivity contribution is 0.0607. The summed E-state index contributed by atoms with van der Waals surface area (Å²) < 4.78 is 4.67. The number of rotatable bonds is 3. The molecule has 106 valence electrons. The van der Waals surface area contributed by atoms with Crippen molar-refractivity contribution in [3.05, 3.63) is 20.8 Å². The van der Waals surface area contributed by atoms with Crippen molar-refractivity contribution in [3.8, 4) is 0 Å². The summed E-state index contributed by atoms with van der Waals surface area (Å²) in [5, 5.41) is 13.9. The summed E-state index contributed by atoms with van der Waals surface area (Å²) in [6, 6.07) is 1.23. The Kier molecular flexibility index (Phi) is 4.30. The van der Waals surface area contributed by atoms with Crippen LogP contribution in [-0.4, -0.2) is 29.3 Å². The first-order chi connectivity index (χ1) is 9.49. The van der Waals surface area contributed by atoms with Crippen LogP contribution in [0, 0.1) is 13.8 Å². The van der Waals surface area contributed by atoms with Crippen LogP contribution in [0.15, 0.2) is 6.07 Å². The van der Waals surface area contributed by atoms with Gasteiger partial charge in [0.15, 0.2) is 0 Å². The molecule has 0 radical (unpaired) electrons. The molecule has 0 spiro atoms. The van der Waals surface area contributed by atoms with Gasteiger partial charge < -0.3 is 10.1 Å². The van der Waals surface area contributed by atoms with E-state index in [2.05, 4.69) is 25.6 Å². The molecule has 0 aliphatic carbocycles. The quantitative estimate of drug-likeness (QED) is 0.850. The van der Waals surface area contributed by atoms with Gasteiger partial charge in [-0.15, -0.1) is 21.5 Å². The molecule has 2 amide bonds. The first-order valence-corrected chi connectivity index (χ1v) is 7.19. The van der Waals surface area contributed by atoms with Crippen LogP contribution >= 0.6 is 22.7 Å². The summed E-state index contributed by atoms with van der Waals surface area (Å²) in [5.41, 5.74) is 0.415. The number of thiophene rings is 1. The standard InChI is InChI=1S/C11H12N4O3S2/c1-5-4-7(8(19-5)9(16)18-3)12-10(17)13-11-15-14-6(2)20-11/h4H,1-3H3,(H2,12,13,15,17). The van der Waals surface area contributed by atoms with Crippen molar-refractivity contribution >= 4 is 45.5 Å². The fraction of sp³-hybridized carbons (Fsp3) is 0.273. The zero-order chi connectivity index (χ0) is 14.7. The van der Waals surface area contributed by atoms with Crippen molar-refractivity contribution in [3.63, 3.8) is 0 Å². The van der Waals surface area contributed by atoms with Gasteiger partial charge in [-0.25, -0.2) is 9.59 Å². The van der Waals surface area contributed by atoms with Crippen LogP contribution in [0.2, 0.25) is 0 Å². The smallest absolute Gasteiger partial charge is 0.350 e. The molecule has 0 unspecified atom stereocenters. The van der Waals surface area contributed by atoms with Crippen LogP contribution in [0.1, 0.15) is 19.6 Å². The molecular formula is C11H12N4O3S2. The van der Waals surface area contributed by atoms with Gasteiger partial charge >= 0.3 is 12.0 Å². The summed E-state index contributed by atoms with van der Waals surface area (Å²) >= 11 is 2.52. The number of hydrogen-bond donors (Lipinski definition) is 2. The molecule has 20 heavy (non-hydrogen) atoms. The van der Waals surface area contributed by atoms with Crippen molar-refractivity contribution < 1.29 is 14.3 Å². The fourth-order valence-corrected chi connectivity index (χ4v) is 2.92. The van der Waals surface area contributed by atoms with E-state index in [0.29, 0.717) is 15.7 Å². The third kappa shape index (κ3) is 3.31. The minimum absolute atomic E-state index is 0.355. The zero-order valence-corrected chi connectivity index (χ0v) is 12.6. The molecule has 2 heterocycles. The Labute approximate surface area is 123 Å². The predicted molar refractivity (Wildman–Crippen MR) is 77.7 cm³/mol. The third-order valence-corrected chi connectivity index (χ3v) is 4.01. The molecule has 0 bridgehead atoms. The van der Waals surface area contributed by atoms with Crippen molar-refractivity contribution in [2.45, 2.75) is 13.8 Å². The zero-order valence-electron chi connectivity index (χ0n) is 11.0. The van der Waals surface area contributed by atoms with E-state index in [1.807, 2.05) is 6.92 Å². The van der Waals surface area contributed by atoms with E-state index < -0.39 is 12.0 Å². The maximum atomic E-state index is 11.8. The van der Waals surface area contributed by atoms with Gasteiger partial charge in [-0.3, -0.25) is 5.32 Å². The highest BCUT2D eigenvalue weighted by Crippen LogP contribution is 2.27. The minimum Gasteiger partial charge on any atom is -0.465 e. The Morgan fingerprint density at radius 2 is 1.95 bits per heavy atom. The average Bonchev–Trinajstić information content (AvgIpc) is 2.94. The highest BCUT2D eigenvalue weighted by atomic mass is 32.1. The lowest BCUT2D eigenvalue weighted by Gasteiger charge is -2.05. The Hall–Kier alpha value is -2.00. The van der Waals surface area contributed by atoms with Gasteiger partial charge in [0.1, 0.15) is 9.88 Å². The molecule has 0 aliphatic heterocycles. The molecule has 2 aromatic heterocycles. The van der Waals surface area contributed by atoms with Gasteiger partial charge in [0, 0.05) is 4.88 Å². The van der Waals surface area contributed by atoms with E-state index in [1.165, 1.54) is 29.8 Å². The highest BCUT2D eigenvalue weighted by molar-refractivity contribution is 7.15. The summed E-state index contributed by atoms with van der Waals surface area (Å²) in [5.74, 6) is -0.481. The number of esters is 1. The van der Waals surface area contributed by atoms with Crippen molar-refractivity contribution in [1.29, 1.82) is 0 Å². The van der Waals surface area contributed by atoms with Crippen LogP contribution in [0.5, 0.6) is 0 Å². The molecular weight excluding hydrogens is 300 g/mol. The van der Waals surface area contributed by atoms with Gasteiger partial charge in [0.25, 0.3) is 0 Å². The second kappa shape index (κ2) is 5.97. The molecule has 0 fully saturated rings. The molecule has 9 heteroatoms. The lowest BCUT2D eigenvalue weighted by atomic mass is 10.3. The number of nitrogens with zero attached hydrogens (tertiary/aromatic N) is 2. The number of anilines is 2. The SMILES string of the molecule is COC(=O)c1sc(C)cc1NC(=O)Nc1nnc(C)s1. The van der Waals surface area contributed by atoms with Gasteiger partial charge in [-0.2, -0.15) is 0 Å². The molecule has 2 aromatic rings. The summed E-state index contributed by atoms with van der Waals surface area (Å²) in [6.07, 6.45) is 0. The van der Waals surface area contributed by atoms with E-state index in [0.717, 1.165) is 9.88 Å². The maximum absolute atomic E-state index is 11.8. The van der Waals surface area contributed by atoms with Gasteiger partial charge in [0.05, 0.1) is 12.8 Å². The lowest BCUT2D eigenvalue weighted by Crippen LogP contribution is -2.20.